The van der Waals surface area contributed by atoms with Crippen molar-refractivity contribution in [2.24, 2.45) is 22.4 Å². The maximum Gasteiger partial charge on any atom is 0.227 e. The van der Waals surface area contributed by atoms with Crippen molar-refractivity contribution in [1.29, 1.82) is 5.26 Å². The van der Waals surface area contributed by atoms with Gasteiger partial charge in [0.2, 0.25) is 12.3 Å². The van der Waals surface area contributed by atoms with Gasteiger partial charge in [-0.1, -0.05) is 17.9 Å². The molecule has 2 aliphatic heterocycles. The number of fused-ring (bicyclic) bond motifs is 1. The second-order valence-electron chi connectivity index (χ2n) is 14.0. The highest BCUT2D eigenvalue weighted by molar-refractivity contribution is 7.82. The highest BCUT2D eigenvalue weighted by Gasteiger charge is 2.44. The Morgan fingerprint density at radius 2 is 1.92 bits per heavy atom. The molecule has 53 heavy (non-hydrogen) atoms. The van der Waals surface area contributed by atoms with Crippen molar-refractivity contribution in [2.45, 2.75) is 61.8 Å². The lowest BCUT2D eigenvalue weighted by Gasteiger charge is -2.53. The predicted molar refractivity (Wildman–Crippen MR) is 204 cm³/mol. The highest BCUT2D eigenvalue weighted by atomic mass is 32.2. The fourth-order valence-electron chi connectivity index (χ4n) is 7.64. The second-order valence-corrected chi connectivity index (χ2v) is 15.5. The van der Waals surface area contributed by atoms with Crippen LogP contribution in [0.4, 0.5) is 10.2 Å². The minimum Gasteiger partial charge on any atom is -0.358 e. The number of amides is 2. The largest absolute Gasteiger partial charge is 0.358 e. The van der Waals surface area contributed by atoms with Gasteiger partial charge in [0.15, 0.2) is 11.6 Å². The van der Waals surface area contributed by atoms with Crippen LogP contribution in [0.2, 0.25) is 0 Å². The number of benzene rings is 2. The molecule has 1 spiro atoms. The van der Waals surface area contributed by atoms with Crippen LogP contribution in [-0.4, -0.2) is 93.8 Å². The molecule has 3 heterocycles. The predicted octanol–water partition coefficient (Wildman–Crippen LogP) is 4.60. The van der Waals surface area contributed by atoms with E-state index in [0.29, 0.717) is 72.1 Å². The molecule has 0 radical (unpaired) electrons. The van der Waals surface area contributed by atoms with Crippen LogP contribution in [0.3, 0.4) is 0 Å². The van der Waals surface area contributed by atoms with E-state index in [0.717, 1.165) is 62.1 Å². The first-order valence-corrected chi connectivity index (χ1v) is 19.0. The summed E-state index contributed by atoms with van der Waals surface area (Å²) in [4.78, 5) is 33.4. The summed E-state index contributed by atoms with van der Waals surface area (Å²) < 4.78 is 30.7. The minimum atomic E-state index is -1.41. The van der Waals surface area contributed by atoms with Crippen molar-refractivity contribution >= 4 is 53.0 Å². The van der Waals surface area contributed by atoms with Gasteiger partial charge in [-0.3, -0.25) is 29.2 Å². The number of hydrogen-bond donors (Lipinski definition) is 2. The molecule has 1 unspecified atom stereocenters. The number of aromatic nitrogens is 2. The number of nitrogens with one attached hydrogen (secondary N) is 2. The third kappa shape index (κ3) is 9.14. The van der Waals surface area contributed by atoms with Gasteiger partial charge in [0.05, 0.1) is 41.0 Å². The molecule has 1 aromatic heterocycles. The Morgan fingerprint density at radius 3 is 2.64 bits per heavy atom. The molecule has 12 nitrogen and oxygen atoms in total. The summed E-state index contributed by atoms with van der Waals surface area (Å²) in [5.41, 5.74) is 3.63. The van der Waals surface area contributed by atoms with Gasteiger partial charge < -0.3 is 10.6 Å². The molecule has 3 fully saturated rings. The van der Waals surface area contributed by atoms with Gasteiger partial charge >= 0.3 is 0 Å². The van der Waals surface area contributed by atoms with Crippen LogP contribution in [0.15, 0.2) is 63.3 Å². The topological polar surface area (TPSA) is 148 Å². The van der Waals surface area contributed by atoms with Crippen molar-refractivity contribution in [3.63, 3.8) is 0 Å². The molecule has 3 aromatic rings. The summed E-state index contributed by atoms with van der Waals surface area (Å²) in [6, 6.07) is 13.8. The number of likely N-dealkylation sites (tertiary alicyclic amines) is 1. The van der Waals surface area contributed by atoms with Gasteiger partial charge in [0, 0.05) is 57.1 Å². The molecule has 14 heteroatoms. The van der Waals surface area contributed by atoms with Gasteiger partial charge in [0.1, 0.15) is 17.1 Å². The van der Waals surface area contributed by atoms with E-state index < -0.39 is 16.8 Å². The monoisotopic (exact) mass is 737 g/mol. The first kappa shape index (κ1) is 37.7. The van der Waals surface area contributed by atoms with E-state index in [-0.39, 0.29) is 24.9 Å². The Balaban J connectivity index is 0.988. The van der Waals surface area contributed by atoms with Crippen molar-refractivity contribution in [1.82, 2.24) is 24.3 Å². The number of hydrogen-bond acceptors (Lipinski definition) is 8. The Kier molecular flexibility index (Phi) is 12.2. The van der Waals surface area contributed by atoms with Crippen molar-refractivity contribution in [2.75, 3.05) is 44.6 Å². The highest BCUT2D eigenvalue weighted by Crippen LogP contribution is 2.48. The molecule has 2 N–H and O–H groups in total. The number of halogens is 1. The molecular weight excluding hydrogens is 694 g/mol. The number of aliphatic imine (C=N–C) groups is 2. The Morgan fingerprint density at radius 1 is 1.15 bits per heavy atom. The van der Waals surface area contributed by atoms with Gasteiger partial charge in [-0.05, 0) is 92.5 Å². The first-order valence-electron chi connectivity index (χ1n) is 17.9. The SMILES string of the molecule is C=N/C=C(/F)C=NC1CCN(S(=O)c2ccc(C#N)c(C#CCN3CC4(CCC(c5ccc6c(NC(=O)CCNC=O)nn(C)c6c5)CC4)C3)c2)CC1. The molecule has 1 atom stereocenters. The second kappa shape index (κ2) is 17.2. The van der Waals surface area contributed by atoms with E-state index in [2.05, 4.69) is 67.4 Å². The Hall–Kier alpha value is -5.02. The van der Waals surface area contributed by atoms with Gasteiger partial charge in [-0.2, -0.15) is 10.4 Å². The number of carbonyl (C=O) groups excluding carboxylic acids is 2. The molecule has 2 aromatic carbocycles. The quantitative estimate of drug-likeness (QED) is 0.120. The molecule has 3 aliphatic rings. The normalized spacial score (nSPS) is 18.9. The maximum atomic E-state index is 13.6. The number of carbonyl (C=O) groups is 2. The number of nitrogens with zero attached hydrogens (tertiary/aromatic N) is 7. The van der Waals surface area contributed by atoms with Crippen LogP contribution in [0.1, 0.15) is 67.6 Å². The average molecular weight is 738 g/mol. The van der Waals surface area contributed by atoms with Gasteiger partial charge in [-0.15, -0.1) is 0 Å². The van der Waals surface area contributed by atoms with Crippen molar-refractivity contribution in [3.05, 3.63) is 65.1 Å². The summed E-state index contributed by atoms with van der Waals surface area (Å²) in [5.74, 6) is 6.70. The minimum absolute atomic E-state index is 0.0463. The lowest BCUT2D eigenvalue weighted by atomic mass is 9.65. The van der Waals surface area contributed by atoms with Crippen LogP contribution >= 0.6 is 0 Å². The van der Waals surface area contributed by atoms with E-state index >= 15 is 0 Å². The van der Waals surface area contributed by atoms with Crippen LogP contribution in [0.25, 0.3) is 10.9 Å². The molecule has 2 saturated heterocycles. The number of anilines is 1. The first-order chi connectivity index (χ1) is 25.7. The molecule has 0 bridgehead atoms. The third-order valence-electron chi connectivity index (χ3n) is 10.5. The Bertz CT molecular complexity index is 2040. The van der Waals surface area contributed by atoms with E-state index in [9.17, 15) is 23.5 Å². The lowest BCUT2D eigenvalue weighted by molar-refractivity contribution is -0.116. The number of piperidine rings is 1. The Labute approximate surface area is 311 Å². The zero-order valence-corrected chi connectivity index (χ0v) is 30.7. The third-order valence-corrected chi connectivity index (χ3v) is 12.0. The summed E-state index contributed by atoms with van der Waals surface area (Å²) in [7, 11) is 0.475. The fourth-order valence-corrected chi connectivity index (χ4v) is 8.88. The number of nitriles is 1. The number of allylic oxidation sites excluding steroid dienone is 1. The van der Waals surface area contributed by atoms with Crippen LogP contribution in [0.5, 0.6) is 0 Å². The lowest BCUT2D eigenvalue weighted by Crippen LogP contribution is -2.57. The zero-order valence-electron chi connectivity index (χ0n) is 29.9. The summed E-state index contributed by atoms with van der Waals surface area (Å²) in [5, 5.41) is 20.5. The van der Waals surface area contributed by atoms with Gasteiger partial charge in [-0.25, -0.2) is 12.9 Å². The smallest absolute Gasteiger partial charge is 0.227 e. The van der Waals surface area contributed by atoms with Crippen molar-refractivity contribution in [3.8, 4) is 17.9 Å². The van der Waals surface area contributed by atoms with E-state index in [4.69, 9.17) is 0 Å². The standard InChI is InChI=1S/C39H44FN9O3S/c1-42-23-32(40)24-44-33-12-18-49(19-13-33)53(52)34-7-5-31(22-41)29(20-34)4-3-17-48-25-39(26-48)14-9-28(10-15-39)30-6-8-35-36(21-30)47(2)46-38(35)45-37(51)11-16-43-27-50/h5-8,20-21,23-24,27-28,33H,1,9-19,25-26H2,2H3,(H,43,50)(H,45,46,51)/b32-23+,44-24?. The molecule has 1 saturated carbocycles. The molecule has 1 aliphatic carbocycles. The van der Waals surface area contributed by atoms with E-state index in [1.807, 2.05) is 17.4 Å². The summed E-state index contributed by atoms with van der Waals surface area (Å²) in [6.07, 6.45) is 8.78. The summed E-state index contributed by atoms with van der Waals surface area (Å²) in [6.45, 7) is 7.25. The number of rotatable bonds is 12. The van der Waals surface area contributed by atoms with Crippen LogP contribution < -0.4 is 10.6 Å². The molecule has 6 rings (SSSR count). The van der Waals surface area contributed by atoms with Crippen LogP contribution in [-0.2, 0) is 27.6 Å². The van der Waals surface area contributed by atoms with E-state index in [1.165, 1.54) is 5.56 Å². The van der Waals surface area contributed by atoms with Crippen LogP contribution in [0, 0.1) is 28.6 Å². The summed E-state index contributed by atoms with van der Waals surface area (Å²) >= 11 is 0. The van der Waals surface area contributed by atoms with E-state index in [1.54, 1.807) is 22.9 Å². The zero-order chi connectivity index (χ0) is 37.4. The van der Waals surface area contributed by atoms with Gasteiger partial charge in [0.25, 0.3) is 0 Å². The molecular formula is C39H44FN9O3S. The molecule has 276 valence electrons. The number of aryl methyl sites for hydroxylation is 1. The average Bonchev–Trinajstić information content (AvgIpc) is 3.47. The fraction of sp³-hybridized carbons (Fsp3) is 0.436. The molecule has 2 amide bonds. The van der Waals surface area contributed by atoms with Crippen molar-refractivity contribution < 1.29 is 18.2 Å². The maximum absolute atomic E-state index is 13.6.